The number of carbonyl (C=O) groups is 1. The van der Waals surface area contributed by atoms with Gasteiger partial charge in [-0.3, -0.25) is 14.6 Å². The van der Waals surface area contributed by atoms with E-state index in [9.17, 15) is 4.79 Å². The molecule has 2 aromatic rings. The summed E-state index contributed by atoms with van der Waals surface area (Å²) in [5.74, 6) is 2.29. The molecule has 9 heteroatoms. The largest absolute Gasteiger partial charge is 0.497 e. The molecule has 0 aromatic heterocycles. The Labute approximate surface area is 213 Å². The zero-order chi connectivity index (χ0) is 25.5. The molecule has 2 fully saturated rings. The molecule has 2 saturated heterocycles. The molecular weight excluding hydrogens is 462 g/mol. The summed E-state index contributed by atoms with van der Waals surface area (Å²) in [5.41, 5.74) is 1.77. The fourth-order valence-electron chi connectivity index (χ4n) is 4.87. The van der Waals surface area contributed by atoms with Crippen LogP contribution in [0.15, 0.2) is 36.4 Å². The van der Waals surface area contributed by atoms with Crippen LogP contribution in [0, 0.1) is 0 Å². The van der Waals surface area contributed by atoms with Crippen molar-refractivity contribution in [3.05, 3.63) is 47.5 Å². The molecule has 2 heterocycles. The van der Waals surface area contributed by atoms with E-state index in [-0.39, 0.29) is 12.0 Å². The van der Waals surface area contributed by atoms with Crippen LogP contribution in [0.3, 0.4) is 0 Å². The van der Waals surface area contributed by atoms with E-state index in [1.807, 2.05) is 17.0 Å². The van der Waals surface area contributed by atoms with Crippen molar-refractivity contribution in [1.29, 1.82) is 0 Å². The van der Waals surface area contributed by atoms with Gasteiger partial charge in [-0.05, 0) is 29.8 Å². The zero-order valence-electron chi connectivity index (χ0n) is 21.7. The van der Waals surface area contributed by atoms with Crippen molar-refractivity contribution in [2.75, 3.05) is 80.9 Å². The molecule has 0 N–H and O–H groups in total. The topological polar surface area (TPSA) is 72.9 Å². The van der Waals surface area contributed by atoms with Crippen LogP contribution in [-0.4, -0.2) is 108 Å². The molecule has 1 atom stereocenters. The monoisotopic (exact) mass is 499 g/mol. The fourth-order valence-corrected chi connectivity index (χ4v) is 4.87. The molecule has 0 bridgehead atoms. The predicted octanol–water partition coefficient (Wildman–Crippen LogP) is 2.38. The Kier molecular flexibility index (Phi) is 8.90. The number of hydrogen-bond acceptors (Lipinski definition) is 8. The standard InChI is InChI=1S/C27H37N3O6/c1-32-22-7-5-6-20(14-22)17-29-12-13-36-23(19-29)18-28-8-10-30(11-9-28)27(31)21-15-24(33-2)26(35-4)25(16-21)34-3/h5-7,14-16,23H,8-13,17-19H2,1-4H3. The smallest absolute Gasteiger partial charge is 0.254 e. The van der Waals surface area contributed by atoms with Gasteiger partial charge >= 0.3 is 0 Å². The number of nitrogens with zero attached hydrogens (tertiary/aromatic N) is 3. The van der Waals surface area contributed by atoms with Gasteiger partial charge in [0, 0.05) is 57.9 Å². The molecule has 0 spiro atoms. The van der Waals surface area contributed by atoms with E-state index in [0.717, 1.165) is 51.6 Å². The second-order valence-corrected chi connectivity index (χ2v) is 9.09. The Morgan fingerprint density at radius 1 is 0.889 bits per heavy atom. The normalized spacial score (nSPS) is 19.1. The van der Waals surface area contributed by atoms with Crippen LogP contribution >= 0.6 is 0 Å². The third kappa shape index (κ3) is 6.21. The van der Waals surface area contributed by atoms with Crippen LogP contribution < -0.4 is 18.9 Å². The Hall–Kier alpha value is -3.01. The van der Waals surface area contributed by atoms with Crippen molar-refractivity contribution >= 4 is 5.91 Å². The van der Waals surface area contributed by atoms with E-state index < -0.39 is 0 Å². The Bertz CT molecular complexity index is 999. The number of piperazine rings is 1. The number of benzene rings is 2. The van der Waals surface area contributed by atoms with E-state index in [1.54, 1.807) is 40.6 Å². The highest BCUT2D eigenvalue weighted by molar-refractivity contribution is 5.95. The number of hydrogen-bond donors (Lipinski definition) is 0. The minimum atomic E-state index is -0.0349. The maximum atomic E-state index is 13.2. The first-order chi connectivity index (χ1) is 17.5. The lowest BCUT2D eigenvalue weighted by Gasteiger charge is -2.39. The summed E-state index contributed by atoms with van der Waals surface area (Å²) in [6.07, 6.45) is 0.154. The Morgan fingerprint density at radius 2 is 1.61 bits per heavy atom. The van der Waals surface area contributed by atoms with Crippen molar-refractivity contribution in [3.8, 4) is 23.0 Å². The zero-order valence-corrected chi connectivity index (χ0v) is 21.7. The van der Waals surface area contributed by atoms with Crippen LogP contribution in [0.2, 0.25) is 0 Å². The van der Waals surface area contributed by atoms with Crippen LogP contribution in [-0.2, 0) is 11.3 Å². The molecule has 4 rings (SSSR count). The molecule has 1 amide bonds. The van der Waals surface area contributed by atoms with Crippen molar-refractivity contribution in [1.82, 2.24) is 14.7 Å². The molecular formula is C27H37N3O6. The molecule has 2 aliphatic rings. The van der Waals surface area contributed by atoms with Gasteiger partial charge in [0.1, 0.15) is 5.75 Å². The number of ether oxygens (including phenoxy) is 5. The van der Waals surface area contributed by atoms with Crippen LogP contribution in [0.1, 0.15) is 15.9 Å². The van der Waals surface area contributed by atoms with E-state index in [4.69, 9.17) is 23.7 Å². The fraction of sp³-hybridized carbons (Fsp3) is 0.519. The SMILES string of the molecule is COc1cccc(CN2CCOC(CN3CCN(C(=O)c4cc(OC)c(OC)c(OC)c4)CC3)C2)c1. The first-order valence-corrected chi connectivity index (χ1v) is 12.3. The second kappa shape index (κ2) is 12.3. The summed E-state index contributed by atoms with van der Waals surface area (Å²) in [6.45, 7) is 7.24. The molecule has 0 saturated carbocycles. The Balaban J connectivity index is 1.29. The van der Waals surface area contributed by atoms with Crippen molar-refractivity contribution in [3.63, 3.8) is 0 Å². The van der Waals surface area contributed by atoms with E-state index >= 15 is 0 Å². The van der Waals surface area contributed by atoms with Crippen molar-refractivity contribution < 1.29 is 28.5 Å². The van der Waals surface area contributed by atoms with Gasteiger partial charge in [0.2, 0.25) is 5.75 Å². The van der Waals surface area contributed by atoms with Crippen LogP contribution in [0.25, 0.3) is 0 Å². The third-order valence-corrected chi connectivity index (χ3v) is 6.80. The van der Waals surface area contributed by atoms with Crippen molar-refractivity contribution in [2.24, 2.45) is 0 Å². The quantitative estimate of drug-likeness (QED) is 0.521. The van der Waals surface area contributed by atoms with Gasteiger partial charge in [0.05, 0.1) is 41.2 Å². The highest BCUT2D eigenvalue weighted by Crippen LogP contribution is 2.38. The molecule has 36 heavy (non-hydrogen) atoms. The number of methoxy groups -OCH3 is 4. The van der Waals surface area contributed by atoms with Crippen molar-refractivity contribution in [2.45, 2.75) is 12.6 Å². The molecule has 196 valence electrons. The summed E-state index contributed by atoms with van der Waals surface area (Å²) in [4.78, 5) is 19.9. The molecule has 1 unspecified atom stereocenters. The number of rotatable bonds is 9. The maximum Gasteiger partial charge on any atom is 0.254 e. The maximum absolute atomic E-state index is 13.2. The number of carbonyl (C=O) groups excluding carboxylic acids is 1. The van der Waals surface area contributed by atoms with Gasteiger partial charge in [-0.2, -0.15) is 0 Å². The Morgan fingerprint density at radius 3 is 2.25 bits per heavy atom. The van der Waals surface area contributed by atoms with E-state index in [1.165, 1.54) is 5.56 Å². The highest BCUT2D eigenvalue weighted by atomic mass is 16.5. The van der Waals surface area contributed by atoms with Crippen LogP contribution in [0.5, 0.6) is 23.0 Å². The van der Waals surface area contributed by atoms with Gasteiger partial charge in [0.15, 0.2) is 11.5 Å². The number of morpholine rings is 1. The lowest BCUT2D eigenvalue weighted by atomic mass is 10.1. The molecule has 2 aromatic carbocycles. The molecule has 0 radical (unpaired) electrons. The minimum Gasteiger partial charge on any atom is -0.497 e. The predicted molar refractivity (Wildman–Crippen MR) is 136 cm³/mol. The van der Waals surface area contributed by atoms with Gasteiger partial charge in [-0.1, -0.05) is 12.1 Å². The minimum absolute atomic E-state index is 0.0349. The van der Waals surface area contributed by atoms with E-state index in [0.29, 0.717) is 35.9 Å². The summed E-state index contributed by atoms with van der Waals surface area (Å²) in [7, 11) is 6.35. The van der Waals surface area contributed by atoms with Crippen LogP contribution in [0.4, 0.5) is 0 Å². The summed E-state index contributed by atoms with van der Waals surface area (Å²) in [5, 5.41) is 0. The summed E-state index contributed by atoms with van der Waals surface area (Å²) < 4.78 is 27.6. The number of amides is 1. The van der Waals surface area contributed by atoms with E-state index in [2.05, 4.69) is 21.9 Å². The molecule has 9 nitrogen and oxygen atoms in total. The first-order valence-electron chi connectivity index (χ1n) is 12.3. The van der Waals surface area contributed by atoms with Gasteiger partial charge in [-0.15, -0.1) is 0 Å². The molecule has 0 aliphatic carbocycles. The molecule has 2 aliphatic heterocycles. The van der Waals surface area contributed by atoms with Gasteiger partial charge < -0.3 is 28.6 Å². The second-order valence-electron chi connectivity index (χ2n) is 9.09. The highest BCUT2D eigenvalue weighted by Gasteiger charge is 2.28. The summed E-state index contributed by atoms with van der Waals surface area (Å²) >= 11 is 0. The average molecular weight is 500 g/mol. The average Bonchev–Trinajstić information content (AvgIpc) is 2.92. The van der Waals surface area contributed by atoms with Gasteiger partial charge in [0.25, 0.3) is 5.91 Å². The van der Waals surface area contributed by atoms with Gasteiger partial charge in [-0.25, -0.2) is 0 Å². The first kappa shape index (κ1) is 26.1. The third-order valence-electron chi connectivity index (χ3n) is 6.80. The lowest BCUT2D eigenvalue weighted by Crippen LogP contribution is -2.53. The lowest BCUT2D eigenvalue weighted by molar-refractivity contribution is -0.0497. The summed E-state index contributed by atoms with van der Waals surface area (Å²) in [6, 6.07) is 11.7.